The number of ketones is 1. The molecule has 0 bridgehead atoms. The minimum absolute atomic E-state index is 0.0905. The van der Waals surface area contributed by atoms with Crippen molar-refractivity contribution in [1.82, 2.24) is 15.2 Å². The van der Waals surface area contributed by atoms with Crippen molar-refractivity contribution in [3.8, 4) is 17.3 Å². The van der Waals surface area contributed by atoms with Crippen molar-refractivity contribution in [3.05, 3.63) is 50.9 Å². The zero-order valence-corrected chi connectivity index (χ0v) is 15.1. The minimum atomic E-state index is -0.136. The van der Waals surface area contributed by atoms with Gasteiger partial charge in [-0.1, -0.05) is 6.92 Å². The molecule has 2 aromatic heterocycles. The van der Waals surface area contributed by atoms with Crippen molar-refractivity contribution in [3.63, 3.8) is 0 Å². The lowest BCUT2D eigenvalue weighted by molar-refractivity contribution is 0.103. The van der Waals surface area contributed by atoms with Gasteiger partial charge in [0.25, 0.3) is 5.89 Å². The van der Waals surface area contributed by atoms with Crippen LogP contribution in [0.15, 0.2) is 27.1 Å². The predicted octanol–water partition coefficient (Wildman–Crippen LogP) is 3.94. The van der Waals surface area contributed by atoms with Gasteiger partial charge >= 0.3 is 0 Å². The Labute approximate surface area is 147 Å². The zero-order valence-electron chi connectivity index (χ0n) is 13.5. The number of aromatic amines is 1. The second-order valence-corrected chi connectivity index (χ2v) is 6.33. The molecule has 6 nitrogen and oxygen atoms in total. The van der Waals surface area contributed by atoms with E-state index in [1.807, 2.05) is 20.8 Å². The number of halogens is 1. The largest absolute Gasteiger partial charge is 0.507 e. The Kier molecular flexibility index (Phi) is 4.28. The number of phenolic OH excluding ortho intramolecular Hbond substituents is 1. The number of phenols is 1. The number of hydrogen-bond donors (Lipinski definition) is 2. The number of rotatable bonds is 4. The van der Waals surface area contributed by atoms with E-state index in [-0.39, 0.29) is 11.5 Å². The van der Waals surface area contributed by atoms with Gasteiger partial charge in [-0.25, -0.2) is 0 Å². The lowest BCUT2D eigenvalue weighted by Gasteiger charge is -2.04. The Balaban J connectivity index is 2.05. The second-order valence-electron chi connectivity index (χ2n) is 5.47. The monoisotopic (exact) mass is 389 g/mol. The van der Waals surface area contributed by atoms with E-state index in [1.165, 1.54) is 6.07 Å². The van der Waals surface area contributed by atoms with Crippen molar-refractivity contribution in [1.29, 1.82) is 0 Å². The van der Waals surface area contributed by atoms with Crippen LogP contribution in [0.1, 0.15) is 40.0 Å². The third kappa shape index (κ3) is 2.75. The van der Waals surface area contributed by atoms with Crippen LogP contribution in [-0.2, 0) is 6.42 Å². The van der Waals surface area contributed by atoms with Crippen LogP contribution in [0.4, 0.5) is 0 Å². The summed E-state index contributed by atoms with van der Waals surface area (Å²) in [5.74, 6) is 0.876. The van der Waals surface area contributed by atoms with Gasteiger partial charge in [-0.05, 0) is 53.5 Å². The Morgan fingerprint density at radius 3 is 2.71 bits per heavy atom. The number of nitrogens with zero attached hydrogens (tertiary/aromatic N) is 2. The summed E-state index contributed by atoms with van der Waals surface area (Å²) in [6, 6.07) is 4.68. The van der Waals surface area contributed by atoms with Crippen LogP contribution in [0.5, 0.6) is 5.75 Å². The first kappa shape index (κ1) is 16.4. The topological polar surface area (TPSA) is 92.0 Å². The molecule has 0 fully saturated rings. The van der Waals surface area contributed by atoms with Gasteiger partial charge < -0.3 is 14.5 Å². The number of hydrogen-bond acceptors (Lipinski definition) is 5. The highest BCUT2D eigenvalue weighted by molar-refractivity contribution is 9.10. The summed E-state index contributed by atoms with van der Waals surface area (Å²) in [7, 11) is 0. The summed E-state index contributed by atoms with van der Waals surface area (Å²) in [4.78, 5) is 16.0. The summed E-state index contributed by atoms with van der Waals surface area (Å²) in [5.41, 5.74) is 3.19. The summed E-state index contributed by atoms with van der Waals surface area (Å²) < 4.78 is 6.06. The zero-order chi connectivity index (χ0) is 17.4. The predicted molar refractivity (Wildman–Crippen MR) is 92.2 cm³/mol. The molecule has 3 aromatic rings. The van der Waals surface area contributed by atoms with Gasteiger partial charge in [-0.2, -0.15) is 0 Å². The maximum absolute atomic E-state index is 12.9. The Hall–Kier alpha value is -2.41. The molecule has 0 atom stereocenters. The maximum Gasteiger partial charge on any atom is 0.264 e. The third-order valence-corrected chi connectivity index (χ3v) is 4.49. The first-order chi connectivity index (χ1) is 11.4. The standard InChI is InChI=1S/C17H16BrN3O3/c1-4-13-20-21-17(24-13)15-8(2)14(9(3)19-15)16(23)10-5-6-12(22)11(18)7-10/h5-7,19,22H,4H2,1-3H3. The van der Waals surface area contributed by atoms with Crippen LogP contribution in [-0.4, -0.2) is 26.1 Å². The van der Waals surface area contributed by atoms with E-state index >= 15 is 0 Å². The van der Waals surface area contributed by atoms with Gasteiger partial charge in [0, 0.05) is 23.2 Å². The number of aromatic nitrogens is 3. The number of H-pyrrole nitrogens is 1. The van der Waals surface area contributed by atoms with E-state index in [4.69, 9.17) is 4.42 Å². The third-order valence-electron chi connectivity index (χ3n) is 3.86. The van der Waals surface area contributed by atoms with Gasteiger partial charge in [0.05, 0.1) is 4.47 Å². The molecule has 0 saturated carbocycles. The molecule has 2 N–H and O–H groups in total. The van der Waals surface area contributed by atoms with Crippen molar-refractivity contribution < 1.29 is 14.3 Å². The molecule has 1 aromatic carbocycles. The minimum Gasteiger partial charge on any atom is -0.507 e. The van der Waals surface area contributed by atoms with E-state index in [1.54, 1.807) is 12.1 Å². The Morgan fingerprint density at radius 2 is 2.08 bits per heavy atom. The van der Waals surface area contributed by atoms with Crippen LogP contribution >= 0.6 is 15.9 Å². The molecular weight excluding hydrogens is 374 g/mol. The fraction of sp³-hybridized carbons (Fsp3) is 0.235. The quantitative estimate of drug-likeness (QED) is 0.659. The molecular formula is C17H16BrN3O3. The number of carbonyl (C=O) groups excluding carboxylic acids is 1. The average molecular weight is 390 g/mol. The molecule has 0 radical (unpaired) electrons. The first-order valence-corrected chi connectivity index (χ1v) is 8.26. The highest BCUT2D eigenvalue weighted by Crippen LogP contribution is 2.30. The van der Waals surface area contributed by atoms with Gasteiger partial charge in [-0.15, -0.1) is 10.2 Å². The number of aryl methyl sites for hydroxylation is 2. The summed E-state index contributed by atoms with van der Waals surface area (Å²) in [5, 5.41) is 17.6. The average Bonchev–Trinajstić information content (AvgIpc) is 3.14. The first-order valence-electron chi connectivity index (χ1n) is 7.47. The molecule has 0 saturated heterocycles. The van der Waals surface area contributed by atoms with Gasteiger partial charge in [0.1, 0.15) is 11.4 Å². The van der Waals surface area contributed by atoms with Crippen LogP contribution in [0, 0.1) is 13.8 Å². The molecule has 0 amide bonds. The van der Waals surface area contributed by atoms with Crippen LogP contribution in [0.3, 0.4) is 0 Å². The molecule has 24 heavy (non-hydrogen) atoms. The highest BCUT2D eigenvalue weighted by Gasteiger charge is 2.23. The van der Waals surface area contributed by atoms with Crippen LogP contribution in [0.25, 0.3) is 11.6 Å². The number of aromatic hydroxyl groups is 1. The summed E-state index contributed by atoms with van der Waals surface area (Å²) >= 11 is 3.23. The maximum atomic E-state index is 12.9. The smallest absolute Gasteiger partial charge is 0.264 e. The van der Waals surface area contributed by atoms with E-state index in [0.717, 1.165) is 11.3 Å². The van der Waals surface area contributed by atoms with Crippen LogP contribution in [0.2, 0.25) is 0 Å². The lowest BCUT2D eigenvalue weighted by atomic mass is 9.99. The SMILES string of the molecule is CCc1nnc(-c2[nH]c(C)c(C(=O)c3ccc(O)c(Br)c3)c2C)o1. The van der Waals surface area contributed by atoms with E-state index < -0.39 is 0 Å². The van der Waals surface area contributed by atoms with Gasteiger partial charge in [-0.3, -0.25) is 4.79 Å². The number of carbonyl (C=O) groups is 1. The van der Waals surface area contributed by atoms with Crippen molar-refractivity contribution in [2.75, 3.05) is 0 Å². The second kappa shape index (κ2) is 6.24. The highest BCUT2D eigenvalue weighted by atomic mass is 79.9. The Morgan fingerprint density at radius 1 is 1.33 bits per heavy atom. The molecule has 3 rings (SSSR count). The Bertz CT molecular complexity index is 927. The fourth-order valence-corrected chi connectivity index (χ4v) is 2.97. The molecule has 7 heteroatoms. The van der Waals surface area contributed by atoms with Gasteiger partial charge in [0.2, 0.25) is 5.89 Å². The summed E-state index contributed by atoms with van der Waals surface area (Å²) in [6.45, 7) is 5.61. The molecule has 0 spiro atoms. The van der Waals surface area contributed by atoms with E-state index in [2.05, 4.69) is 31.1 Å². The summed E-state index contributed by atoms with van der Waals surface area (Å²) in [6.07, 6.45) is 0.652. The van der Waals surface area contributed by atoms with E-state index in [0.29, 0.717) is 39.5 Å². The molecule has 0 aliphatic carbocycles. The number of benzene rings is 1. The van der Waals surface area contributed by atoms with Gasteiger partial charge in [0.15, 0.2) is 5.78 Å². The molecule has 0 aliphatic heterocycles. The molecule has 0 aliphatic rings. The lowest BCUT2D eigenvalue weighted by Crippen LogP contribution is -2.03. The normalized spacial score (nSPS) is 11.0. The van der Waals surface area contributed by atoms with Crippen molar-refractivity contribution in [2.24, 2.45) is 0 Å². The molecule has 0 unspecified atom stereocenters. The van der Waals surface area contributed by atoms with Crippen molar-refractivity contribution >= 4 is 21.7 Å². The van der Waals surface area contributed by atoms with Crippen molar-refractivity contribution in [2.45, 2.75) is 27.2 Å². The van der Waals surface area contributed by atoms with E-state index in [9.17, 15) is 9.90 Å². The molecule has 124 valence electrons. The fourth-order valence-electron chi connectivity index (χ4n) is 2.59. The van der Waals surface area contributed by atoms with Crippen LogP contribution < -0.4 is 0 Å². The molecule has 2 heterocycles. The number of nitrogens with one attached hydrogen (secondary N) is 1.